The Bertz CT molecular complexity index is 818. The molecular weight excluding hydrogens is 348 g/mol. The highest BCUT2D eigenvalue weighted by molar-refractivity contribution is 9.08. The number of pyridine rings is 1. The van der Waals surface area contributed by atoms with E-state index in [-0.39, 0.29) is 11.6 Å². The van der Waals surface area contributed by atoms with E-state index in [2.05, 4.69) is 20.9 Å². The van der Waals surface area contributed by atoms with Gasteiger partial charge < -0.3 is 0 Å². The standard InChI is InChI=1S/C18H12BrF2N/c19-11-16-7-8-17(12-3-1-5-14(20)9-12)18(22-16)13-4-2-6-15(21)10-13/h1-10H,11H2. The third-order valence-corrected chi connectivity index (χ3v) is 3.90. The molecule has 1 heterocycles. The highest BCUT2D eigenvalue weighted by atomic mass is 79.9. The van der Waals surface area contributed by atoms with Crippen LogP contribution < -0.4 is 0 Å². The Morgan fingerprint density at radius 1 is 0.818 bits per heavy atom. The van der Waals surface area contributed by atoms with Gasteiger partial charge in [0.15, 0.2) is 0 Å². The van der Waals surface area contributed by atoms with Crippen molar-refractivity contribution in [2.75, 3.05) is 0 Å². The minimum Gasteiger partial charge on any atom is -0.251 e. The van der Waals surface area contributed by atoms with Gasteiger partial charge in [-0.15, -0.1) is 0 Å². The Balaban J connectivity index is 2.22. The molecule has 0 radical (unpaired) electrons. The maximum absolute atomic E-state index is 13.5. The summed E-state index contributed by atoms with van der Waals surface area (Å²) in [6.45, 7) is 0. The molecule has 0 amide bonds. The molecule has 0 aliphatic rings. The van der Waals surface area contributed by atoms with Crippen molar-refractivity contribution in [1.29, 1.82) is 0 Å². The normalized spacial score (nSPS) is 10.7. The van der Waals surface area contributed by atoms with Crippen LogP contribution in [0.3, 0.4) is 0 Å². The molecule has 1 nitrogen and oxygen atoms in total. The van der Waals surface area contributed by atoms with Gasteiger partial charge in [-0.05, 0) is 35.9 Å². The largest absolute Gasteiger partial charge is 0.251 e. The van der Waals surface area contributed by atoms with Gasteiger partial charge in [-0.3, -0.25) is 4.98 Å². The second-order valence-electron chi connectivity index (χ2n) is 4.85. The summed E-state index contributed by atoms with van der Waals surface area (Å²) < 4.78 is 27.0. The van der Waals surface area contributed by atoms with Gasteiger partial charge in [0.1, 0.15) is 11.6 Å². The van der Waals surface area contributed by atoms with E-state index < -0.39 is 0 Å². The zero-order chi connectivity index (χ0) is 15.5. The van der Waals surface area contributed by atoms with Crippen molar-refractivity contribution in [3.05, 3.63) is 78.0 Å². The van der Waals surface area contributed by atoms with Crippen LogP contribution in [0, 0.1) is 11.6 Å². The maximum atomic E-state index is 13.5. The number of hydrogen-bond donors (Lipinski definition) is 0. The Kier molecular flexibility index (Phi) is 4.29. The number of benzene rings is 2. The number of halogens is 3. The number of hydrogen-bond acceptors (Lipinski definition) is 1. The first-order valence-electron chi connectivity index (χ1n) is 6.75. The molecule has 0 saturated heterocycles. The van der Waals surface area contributed by atoms with Crippen molar-refractivity contribution in [3.63, 3.8) is 0 Å². The van der Waals surface area contributed by atoms with Gasteiger partial charge in [0.2, 0.25) is 0 Å². The highest BCUT2D eigenvalue weighted by Crippen LogP contribution is 2.31. The van der Waals surface area contributed by atoms with Gasteiger partial charge in [-0.25, -0.2) is 8.78 Å². The van der Waals surface area contributed by atoms with Crippen LogP contribution in [-0.4, -0.2) is 4.98 Å². The van der Waals surface area contributed by atoms with Crippen LogP contribution >= 0.6 is 15.9 Å². The number of alkyl halides is 1. The topological polar surface area (TPSA) is 12.9 Å². The smallest absolute Gasteiger partial charge is 0.123 e. The van der Waals surface area contributed by atoms with Gasteiger partial charge in [0.05, 0.1) is 11.4 Å². The molecular formula is C18H12BrF2N. The van der Waals surface area contributed by atoms with Crippen LogP contribution in [0.1, 0.15) is 5.69 Å². The minimum atomic E-state index is -0.325. The zero-order valence-electron chi connectivity index (χ0n) is 11.6. The summed E-state index contributed by atoms with van der Waals surface area (Å²) in [7, 11) is 0. The molecule has 110 valence electrons. The van der Waals surface area contributed by atoms with Crippen LogP contribution in [-0.2, 0) is 5.33 Å². The maximum Gasteiger partial charge on any atom is 0.123 e. The van der Waals surface area contributed by atoms with Gasteiger partial charge in [-0.1, -0.05) is 46.3 Å². The first-order valence-corrected chi connectivity index (χ1v) is 7.87. The van der Waals surface area contributed by atoms with Crippen LogP contribution in [0.25, 0.3) is 22.4 Å². The summed E-state index contributed by atoms with van der Waals surface area (Å²) >= 11 is 3.37. The van der Waals surface area contributed by atoms with Gasteiger partial charge in [-0.2, -0.15) is 0 Å². The zero-order valence-corrected chi connectivity index (χ0v) is 13.1. The van der Waals surface area contributed by atoms with E-state index in [1.165, 1.54) is 24.3 Å². The molecule has 0 atom stereocenters. The summed E-state index contributed by atoms with van der Waals surface area (Å²) in [5.74, 6) is -0.638. The van der Waals surface area contributed by atoms with E-state index in [0.717, 1.165) is 11.3 Å². The molecule has 0 N–H and O–H groups in total. The molecule has 0 fully saturated rings. The first kappa shape index (κ1) is 14.9. The number of aromatic nitrogens is 1. The van der Waals surface area contributed by atoms with Crippen molar-refractivity contribution in [3.8, 4) is 22.4 Å². The molecule has 0 aliphatic heterocycles. The van der Waals surface area contributed by atoms with E-state index >= 15 is 0 Å². The van der Waals surface area contributed by atoms with E-state index in [0.29, 0.717) is 22.2 Å². The Hall–Kier alpha value is -2.07. The lowest BCUT2D eigenvalue weighted by Crippen LogP contribution is -1.94. The van der Waals surface area contributed by atoms with Gasteiger partial charge >= 0.3 is 0 Å². The molecule has 22 heavy (non-hydrogen) atoms. The SMILES string of the molecule is Fc1cccc(-c2ccc(CBr)nc2-c2cccc(F)c2)c1. The molecule has 0 unspecified atom stereocenters. The molecule has 2 aromatic carbocycles. The summed E-state index contributed by atoms with van der Waals surface area (Å²) in [5.41, 5.74) is 3.63. The van der Waals surface area contributed by atoms with Crippen molar-refractivity contribution in [1.82, 2.24) is 4.98 Å². The van der Waals surface area contributed by atoms with E-state index in [9.17, 15) is 8.78 Å². The second-order valence-corrected chi connectivity index (χ2v) is 5.41. The Morgan fingerprint density at radius 2 is 1.45 bits per heavy atom. The average molecular weight is 360 g/mol. The fourth-order valence-electron chi connectivity index (χ4n) is 2.32. The van der Waals surface area contributed by atoms with Crippen molar-refractivity contribution in [2.45, 2.75) is 5.33 Å². The fourth-order valence-corrected chi connectivity index (χ4v) is 2.63. The lowest BCUT2D eigenvalue weighted by Gasteiger charge is -2.11. The lowest BCUT2D eigenvalue weighted by molar-refractivity contribution is 0.627. The Labute approximate surface area is 135 Å². The van der Waals surface area contributed by atoms with E-state index in [1.54, 1.807) is 18.2 Å². The fraction of sp³-hybridized carbons (Fsp3) is 0.0556. The van der Waals surface area contributed by atoms with E-state index in [4.69, 9.17) is 0 Å². The summed E-state index contributed by atoms with van der Waals surface area (Å²) in [6.07, 6.45) is 0. The van der Waals surface area contributed by atoms with Crippen molar-refractivity contribution < 1.29 is 8.78 Å². The molecule has 3 rings (SSSR count). The average Bonchev–Trinajstić information content (AvgIpc) is 2.54. The van der Waals surface area contributed by atoms with Crippen LogP contribution in [0.15, 0.2) is 60.7 Å². The molecule has 0 spiro atoms. The first-order chi connectivity index (χ1) is 10.7. The monoisotopic (exact) mass is 359 g/mol. The number of nitrogens with zero attached hydrogens (tertiary/aromatic N) is 1. The summed E-state index contributed by atoms with van der Waals surface area (Å²) in [6, 6.07) is 16.3. The predicted octanol–water partition coefficient (Wildman–Crippen LogP) is 5.59. The third-order valence-electron chi connectivity index (χ3n) is 3.32. The van der Waals surface area contributed by atoms with Crippen molar-refractivity contribution in [2.24, 2.45) is 0 Å². The second kappa shape index (κ2) is 6.36. The quantitative estimate of drug-likeness (QED) is 0.555. The van der Waals surface area contributed by atoms with Crippen LogP contribution in [0.5, 0.6) is 0 Å². The molecule has 1 aromatic heterocycles. The summed E-state index contributed by atoms with van der Waals surface area (Å²) in [4.78, 5) is 4.57. The third kappa shape index (κ3) is 3.07. The molecule has 0 bridgehead atoms. The van der Waals surface area contributed by atoms with E-state index in [1.807, 2.05) is 18.2 Å². The minimum absolute atomic E-state index is 0.313. The molecule has 3 aromatic rings. The Morgan fingerprint density at radius 3 is 2.09 bits per heavy atom. The van der Waals surface area contributed by atoms with Gasteiger partial charge in [0, 0.05) is 16.5 Å². The van der Waals surface area contributed by atoms with Crippen molar-refractivity contribution >= 4 is 15.9 Å². The molecule has 4 heteroatoms. The van der Waals surface area contributed by atoms with Gasteiger partial charge in [0.25, 0.3) is 0 Å². The highest BCUT2D eigenvalue weighted by Gasteiger charge is 2.11. The lowest BCUT2D eigenvalue weighted by atomic mass is 9.99. The molecule has 0 saturated carbocycles. The number of rotatable bonds is 3. The predicted molar refractivity (Wildman–Crippen MR) is 87.7 cm³/mol. The summed E-state index contributed by atoms with van der Waals surface area (Å²) in [5, 5.41) is 0.596. The molecule has 0 aliphatic carbocycles. The van der Waals surface area contributed by atoms with Crippen LogP contribution in [0.4, 0.5) is 8.78 Å². The van der Waals surface area contributed by atoms with Crippen LogP contribution in [0.2, 0.25) is 0 Å².